The summed E-state index contributed by atoms with van der Waals surface area (Å²) in [5.74, 6) is 0.908. The Kier molecular flexibility index (Phi) is 9.11. The molecule has 0 N–H and O–H groups in total. The lowest BCUT2D eigenvalue weighted by Gasteiger charge is -2.29. The molecule has 9 aromatic carbocycles. The number of benzene rings is 9. The molecule has 0 amide bonds. The molecule has 0 saturated heterocycles. The van der Waals surface area contributed by atoms with Crippen LogP contribution in [0.5, 0.6) is 0 Å². The Morgan fingerprint density at radius 2 is 1.15 bits per heavy atom. The second-order valence-corrected chi connectivity index (χ2v) is 16.9. The Morgan fingerprint density at radius 1 is 0.508 bits per heavy atom. The van der Waals surface area contributed by atoms with Crippen LogP contribution in [0, 0.1) is 0 Å². The van der Waals surface area contributed by atoms with Crippen LogP contribution in [0.3, 0.4) is 0 Å². The number of fused-ring (bicyclic) bond motifs is 4. The minimum atomic E-state index is 0.286. The number of rotatable bonds is 11. The molecule has 0 radical (unpaired) electrons. The van der Waals surface area contributed by atoms with Crippen molar-refractivity contribution in [1.29, 1.82) is 0 Å². The summed E-state index contributed by atoms with van der Waals surface area (Å²) in [4.78, 5) is 2.63. The third-order valence-corrected chi connectivity index (χ3v) is 13.7. The number of likely N-dealkylation sites (N-methyl/N-ethyl adjacent to an activating group) is 1. The second-order valence-electron chi connectivity index (χ2n) is 16.9. The van der Waals surface area contributed by atoms with Crippen LogP contribution in [0.25, 0.3) is 43.1 Å². The van der Waals surface area contributed by atoms with Crippen molar-refractivity contribution in [3.05, 3.63) is 233 Å². The second kappa shape index (κ2) is 15.1. The van der Waals surface area contributed by atoms with Gasteiger partial charge in [-0.15, -0.1) is 0 Å². The maximum absolute atomic E-state index is 2.63. The van der Waals surface area contributed by atoms with Crippen LogP contribution < -0.4 is 4.90 Å². The van der Waals surface area contributed by atoms with Gasteiger partial charge in [-0.2, -0.15) is 0 Å². The fraction of sp³-hybridized carbons (Fsp3) is 0.172. The standard InChI is InChI=1S/C58H49N/c1-2-59-55-35-25-40(24-32-48(41-15-7-4-8-16-41)51-33-28-45-27-26-43-19-11-20-44-29-34-52(51)58(45)57(43)44)37-53(55)54-38-46(30-36-56(54)59)49(31-23-39-13-5-3-6-14-39)50-22-12-18-42-17-9-10-21-47(42)50/h3-22,25-30,33-38,48-49,53,55H,2,23-24,31-32H2,1H3/t48?,49-,53?,55?/m1/s1. The van der Waals surface area contributed by atoms with Crippen LogP contribution in [-0.4, -0.2) is 12.6 Å². The van der Waals surface area contributed by atoms with Gasteiger partial charge in [-0.1, -0.05) is 194 Å². The smallest absolute Gasteiger partial charge is 0.0580 e. The highest BCUT2D eigenvalue weighted by Crippen LogP contribution is 2.48. The first kappa shape index (κ1) is 35.7. The van der Waals surface area contributed by atoms with Gasteiger partial charge >= 0.3 is 0 Å². The van der Waals surface area contributed by atoms with Gasteiger partial charge in [-0.3, -0.25) is 0 Å². The lowest BCUT2D eigenvalue weighted by Crippen LogP contribution is -2.32. The van der Waals surface area contributed by atoms with Crippen LogP contribution in [0.15, 0.2) is 200 Å². The molecule has 1 aliphatic heterocycles. The molecule has 1 nitrogen and oxygen atoms in total. The molecule has 4 atom stereocenters. The van der Waals surface area contributed by atoms with Crippen molar-refractivity contribution in [3.63, 3.8) is 0 Å². The Morgan fingerprint density at radius 3 is 1.98 bits per heavy atom. The van der Waals surface area contributed by atoms with Gasteiger partial charge in [-0.25, -0.2) is 0 Å². The molecular weight excluding hydrogens is 711 g/mol. The fourth-order valence-electron chi connectivity index (χ4n) is 10.9. The van der Waals surface area contributed by atoms with Gasteiger partial charge in [0, 0.05) is 30.0 Å². The molecular formula is C58H49N. The van der Waals surface area contributed by atoms with Crippen molar-refractivity contribution in [1.82, 2.24) is 0 Å². The molecule has 1 heteroatoms. The van der Waals surface area contributed by atoms with Crippen LogP contribution in [0.1, 0.15) is 77.3 Å². The van der Waals surface area contributed by atoms with E-state index in [0.717, 1.165) is 32.2 Å². The minimum absolute atomic E-state index is 0.286. The van der Waals surface area contributed by atoms with Gasteiger partial charge in [-0.05, 0) is 115 Å². The van der Waals surface area contributed by atoms with E-state index in [1.54, 1.807) is 0 Å². The van der Waals surface area contributed by atoms with Crippen LogP contribution in [0.4, 0.5) is 5.69 Å². The van der Waals surface area contributed by atoms with Gasteiger partial charge in [0.25, 0.3) is 0 Å². The van der Waals surface area contributed by atoms with Gasteiger partial charge in [0.2, 0.25) is 0 Å². The molecule has 11 rings (SSSR count). The summed E-state index contributed by atoms with van der Waals surface area (Å²) in [6.07, 6.45) is 11.8. The first-order valence-electron chi connectivity index (χ1n) is 21.7. The van der Waals surface area contributed by atoms with E-state index >= 15 is 0 Å². The highest BCUT2D eigenvalue weighted by Gasteiger charge is 2.37. The summed E-state index contributed by atoms with van der Waals surface area (Å²) in [6, 6.07) is 66.7. The average molecular weight is 760 g/mol. The van der Waals surface area contributed by atoms with E-state index < -0.39 is 0 Å². The highest BCUT2D eigenvalue weighted by atomic mass is 15.2. The van der Waals surface area contributed by atoms with Crippen LogP contribution >= 0.6 is 0 Å². The predicted molar refractivity (Wildman–Crippen MR) is 251 cm³/mol. The van der Waals surface area contributed by atoms with E-state index in [-0.39, 0.29) is 5.92 Å². The molecule has 2 aliphatic rings. The Balaban J connectivity index is 0.950. The number of nitrogens with zero attached hydrogens (tertiary/aromatic N) is 1. The summed E-state index contributed by atoms with van der Waals surface area (Å²) in [5.41, 5.74) is 11.4. The van der Waals surface area contributed by atoms with Crippen molar-refractivity contribution in [3.8, 4) is 0 Å². The predicted octanol–water partition coefficient (Wildman–Crippen LogP) is 14.9. The van der Waals surface area contributed by atoms with Crippen LogP contribution in [0.2, 0.25) is 0 Å². The van der Waals surface area contributed by atoms with E-state index in [4.69, 9.17) is 0 Å². The molecule has 286 valence electrons. The van der Waals surface area contributed by atoms with E-state index in [1.165, 1.54) is 87.7 Å². The fourth-order valence-corrected chi connectivity index (χ4v) is 10.9. The topological polar surface area (TPSA) is 3.24 Å². The van der Waals surface area contributed by atoms with Crippen molar-refractivity contribution < 1.29 is 0 Å². The molecule has 3 unspecified atom stereocenters. The molecule has 1 aliphatic carbocycles. The van der Waals surface area contributed by atoms with Crippen LogP contribution in [-0.2, 0) is 6.42 Å². The quantitative estimate of drug-likeness (QED) is 0.119. The molecule has 0 saturated carbocycles. The van der Waals surface area contributed by atoms with Gasteiger partial charge in [0.05, 0.1) is 6.04 Å². The Bertz CT molecular complexity index is 2990. The SMILES string of the molecule is CCN1c2ccc([C@@H](CCc3ccccc3)c3cccc4ccccc34)cc2C2C=C(CCC(c3ccccc3)c3ccc4ccc5cccc6ccc3c4c56)C=CC21. The zero-order valence-electron chi connectivity index (χ0n) is 33.8. The number of allylic oxidation sites excluding steroid dienone is 2. The van der Waals surface area contributed by atoms with Crippen molar-refractivity contribution in [2.75, 3.05) is 11.4 Å². The van der Waals surface area contributed by atoms with E-state index in [2.05, 4.69) is 206 Å². The maximum Gasteiger partial charge on any atom is 0.0580 e. The Labute approximate surface area is 348 Å². The highest BCUT2D eigenvalue weighted by molar-refractivity contribution is 6.23. The number of hydrogen-bond donors (Lipinski definition) is 0. The van der Waals surface area contributed by atoms with E-state index in [9.17, 15) is 0 Å². The van der Waals surface area contributed by atoms with E-state index in [1.807, 2.05) is 0 Å². The molecule has 9 aromatic rings. The first-order valence-corrected chi connectivity index (χ1v) is 21.7. The zero-order valence-corrected chi connectivity index (χ0v) is 33.8. The minimum Gasteiger partial charge on any atom is -0.364 e. The third kappa shape index (κ3) is 6.32. The summed E-state index contributed by atoms with van der Waals surface area (Å²) in [5, 5.41) is 10.8. The van der Waals surface area contributed by atoms with Crippen molar-refractivity contribution in [2.45, 2.75) is 56.4 Å². The van der Waals surface area contributed by atoms with E-state index in [0.29, 0.717) is 17.9 Å². The molecule has 0 fully saturated rings. The average Bonchev–Trinajstić information content (AvgIpc) is 3.61. The Hall–Kier alpha value is -6.44. The summed E-state index contributed by atoms with van der Waals surface area (Å²) < 4.78 is 0. The number of anilines is 1. The number of hydrogen-bond acceptors (Lipinski definition) is 1. The summed E-state index contributed by atoms with van der Waals surface area (Å²) in [6.45, 7) is 3.31. The van der Waals surface area contributed by atoms with Crippen molar-refractivity contribution >= 4 is 48.8 Å². The van der Waals surface area contributed by atoms with Crippen molar-refractivity contribution in [2.24, 2.45) is 0 Å². The largest absolute Gasteiger partial charge is 0.364 e. The van der Waals surface area contributed by atoms with Gasteiger partial charge in [0.15, 0.2) is 0 Å². The first-order chi connectivity index (χ1) is 29.2. The normalized spacial score (nSPS) is 17.1. The molecule has 0 bridgehead atoms. The summed E-state index contributed by atoms with van der Waals surface area (Å²) >= 11 is 0. The lowest BCUT2D eigenvalue weighted by atomic mass is 9.80. The maximum atomic E-state index is 2.63. The zero-order chi connectivity index (χ0) is 39.3. The van der Waals surface area contributed by atoms with Gasteiger partial charge in [0.1, 0.15) is 0 Å². The number of aryl methyl sites for hydroxylation is 1. The molecule has 59 heavy (non-hydrogen) atoms. The molecule has 1 heterocycles. The monoisotopic (exact) mass is 759 g/mol. The third-order valence-electron chi connectivity index (χ3n) is 13.7. The lowest BCUT2D eigenvalue weighted by molar-refractivity contribution is 0.666. The van der Waals surface area contributed by atoms with Gasteiger partial charge < -0.3 is 4.90 Å². The molecule has 0 aromatic heterocycles. The molecule has 0 spiro atoms. The summed E-state index contributed by atoms with van der Waals surface area (Å²) in [7, 11) is 0.